The molecule has 0 aromatic carbocycles. The molecule has 0 N–H and O–H groups in total. The molecule has 0 saturated carbocycles. The van der Waals surface area contributed by atoms with Crippen LogP contribution in [0.25, 0.3) is 0 Å². The first-order valence-electron chi connectivity index (χ1n) is 12.2. The van der Waals surface area contributed by atoms with Crippen molar-refractivity contribution in [3.8, 4) is 0 Å². The van der Waals surface area contributed by atoms with Crippen molar-refractivity contribution in [2.24, 2.45) is 0 Å². The second-order valence-electron chi connectivity index (χ2n) is 6.74. The van der Waals surface area contributed by atoms with Crippen molar-refractivity contribution in [1.82, 2.24) is 0 Å². The molecule has 0 aliphatic carbocycles. The molecule has 1 heterocycles. The van der Waals surface area contributed by atoms with Gasteiger partial charge in [0.05, 0.1) is 0 Å². The zero-order valence-corrected chi connectivity index (χ0v) is 28.0. The average Bonchev–Trinajstić information content (AvgIpc) is 3.25. The van der Waals surface area contributed by atoms with Crippen molar-refractivity contribution in [3.05, 3.63) is 0 Å². The van der Waals surface area contributed by atoms with Crippen LogP contribution in [0.15, 0.2) is 0 Å². The molecule has 0 fully saturated rings. The van der Waals surface area contributed by atoms with E-state index >= 15 is 0 Å². The summed E-state index contributed by atoms with van der Waals surface area (Å²) in [6.07, 6.45) is 0. The maximum absolute atomic E-state index is 14.4. The molecule has 37 heavy (non-hydrogen) atoms. The Balaban J connectivity index is 4.53. The van der Waals surface area contributed by atoms with Gasteiger partial charge in [-0.05, 0) is 0 Å². The molecular weight excluding hydrogens is 635 g/mol. The monoisotopic (exact) mass is 676 g/mol. The summed E-state index contributed by atoms with van der Waals surface area (Å²) in [5.74, 6) is 0. The van der Waals surface area contributed by atoms with Crippen molar-refractivity contribution in [1.29, 1.82) is 0 Å². The molecular formula is C20H40O12P4Se. The number of hydrogen-bond donors (Lipinski definition) is 0. The summed E-state index contributed by atoms with van der Waals surface area (Å²) in [6.45, 7) is 12.5. The van der Waals surface area contributed by atoms with Gasteiger partial charge in [-0.2, -0.15) is 0 Å². The molecule has 218 valence electrons. The van der Waals surface area contributed by atoms with Crippen molar-refractivity contribution < 1.29 is 54.5 Å². The molecule has 0 aliphatic rings. The van der Waals surface area contributed by atoms with Gasteiger partial charge in [0, 0.05) is 0 Å². The van der Waals surface area contributed by atoms with Crippen molar-refractivity contribution in [2.75, 3.05) is 52.9 Å². The Labute approximate surface area is 226 Å². The predicted octanol–water partition coefficient (Wildman–Crippen LogP) is 4.31. The summed E-state index contributed by atoms with van der Waals surface area (Å²) in [7, 11) is -17.1. The first-order chi connectivity index (χ1) is 17.5. The molecule has 0 amide bonds. The van der Waals surface area contributed by atoms with Gasteiger partial charge in [0.15, 0.2) is 0 Å². The SMILES string of the molecule is CCOP(=O)(OCC)c1[se]c(P(=O)(OCC)OCC)c(P(=O)(OCC)OCC)c1P(=O)(OCC)OCC. The zero-order chi connectivity index (χ0) is 28.3. The van der Waals surface area contributed by atoms with Crippen molar-refractivity contribution in [3.63, 3.8) is 0 Å². The van der Waals surface area contributed by atoms with Crippen LogP contribution in [0.1, 0.15) is 55.4 Å². The molecule has 0 saturated heterocycles. The normalized spacial score (nSPS) is 13.4. The van der Waals surface area contributed by atoms with Crippen LogP contribution in [0.2, 0.25) is 0 Å². The van der Waals surface area contributed by atoms with Gasteiger partial charge in [0.1, 0.15) is 0 Å². The minimum atomic E-state index is -4.37. The van der Waals surface area contributed by atoms with E-state index in [2.05, 4.69) is 0 Å². The van der Waals surface area contributed by atoms with Crippen LogP contribution in [-0.2, 0) is 54.5 Å². The van der Waals surface area contributed by atoms with Crippen LogP contribution in [0.5, 0.6) is 0 Å². The third-order valence-electron chi connectivity index (χ3n) is 4.26. The molecule has 0 unspecified atom stereocenters. The van der Waals surface area contributed by atoms with Crippen LogP contribution in [0, 0.1) is 0 Å². The van der Waals surface area contributed by atoms with E-state index in [1.807, 2.05) is 0 Å². The second kappa shape index (κ2) is 16.1. The molecule has 0 atom stereocenters. The van der Waals surface area contributed by atoms with Gasteiger partial charge < -0.3 is 0 Å². The topological polar surface area (TPSA) is 142 Å². The Morgan fingerprint density at radius 1 is 0.405 bits per heavy atom. The second-order valence-corrected chi connectivity index (χ2v) is 18.1. The van der Waals surface area contributed by atoms with E-state index in [1.165, 1.54) is 0 Å². The van der Waals surface area contributed by atoms with Gasteiger partial charge in [-0.3, -0.25) is 0 Å². The molecule has 0 spiro atoms. The van der Waals surface area contributed by atoms with Crippen LogP contribution in [0.3, 0.4) is 0 Å². The van der Waals surface area contributed by atoms with Crippen molar-refractivity contribution in [2.45, 2.75) is 55.4 Å². The van der Waals surface area contributed by atoms with E-state index in [0.717, 1.165) is 0 Å². The van der Waals surface area contributed by atoms with Gasteiger partial charge in [-0.15, -0.1) is 0 Å². The molecule has 0 aliphatic heterocycles. The number of hydrogen-bond acceptors (Lipinski definition) is 12. The van der Waals surface area contributed by atoms with E-state index in [0.29, 0.717) is 0 Å². The summed E-state index contributed by atoms with van der Waals surface area (Å²) < 4.78 is 102. The zero-order valence-electron chi connectivity index (χ0n) is 22.8. The Bertz CT molecular complexity index is 924. The van der Waals surface area contributed by atoms with Crippen LogP contribution in [0.4, 0.5) is 0 Å². The van der Waals surface area contributed by atoms with Crippen LogP contribution in [-0.4, -0.2) is 67.4 Å². The Hall–Kier alpha value is 0.599. The third-order valence-corrected chi connectivity index (χ3v) is 19.1. The Morgan fingerprint density at radius 3 is 0.784 bits per heavy atom. The molecule has 1 aromatic rings. The van der Waals surface area contributed by atoms with Crippen LogP contribution < -0.4 is 19.0 Å². The molecule has 17 heteroatoms. The summed E-state index contributed by atoms with van der Waals surface area (Å²) >= 11 is -1.21. The van der Waals surface area contributed by atoms with E-state index in [9.17, 15) is 18.3 Å². The summed E-state index contributed by atoms with van der Waals surface area (Å²) in [4.78, 5) is 0. The van der Waals surface area contributed by atoms with Crippen LogP contribution >= 0.6 is 30.4 Å². The van der Waals surface area contributed by atoms with Crippen molar-refractivity contribution >= 4 is 63.9 Å². The summed E-state index contributed by atoms with van der Waals surface area (Å²) in [6, 6.07) is 0. The molecule has 0 radical (unpaired) electrons. The molecule has 0 bridgehead atoms. The molecule has 1 rings (SSSR count). The summed E-state index contributed by atoms with van der Waals surface area (Å²) in [5.41, 5.74) is 0. The quantitative estimate of drug-likeness (QED) is 0.144. The first kappa shape index (κ1) is 35.6. The van der Waals surface area contributed by atoms with E-state index in [1.54, 1.807) is 55.4 Å². The van der Waals surface area contributed by atoms with E-state index in [-0.39, 0.29) is 71.8 Å². The van der Waals surface area contributed by atoms with Gasteiger partial charge in [0.25, 0.3) is 0 Å². The minimum absolute atomic E-state index is 0.0223. The van der Waals surface area contributed by atoms with Gasteiger partial charge in [0.2, 0.25) is 0 Å². The fourth-order valence-corrected chi connectivity index (χ4v) is 19.3. The average molecular weight is 675 g/mol. The first-order valence-corrected chi connectivity index (χ1v) is 20.1. The third kappa shape index (κ3) is 8.31. The number of rotatable bonds is 20. The predicted molar refractivity (Wildman–Crippen MR) is 145 cm³/mol. The Morgan fingerprint density at radius 2 is 0.595 bits per heavy atom. The standard InChI is InChI=1S/C20H40O12P4Se/c1-9-25-33(21,26-10-2)17-18(34(22,27-11-3)28-12-4)20(36(24,31-15-7)32-16-8)37-19(17)35(23,29-13-5)30-14-6/h9-16H2,1-8H3. The van der Waals surface area contributed by atoms with E-state index < -0.39 is 44.9 Å². The fraction of sp³-hybridized carbons (Fsp3) is 0.800. The van der Waals surface area contributed by atoms with Gasteiger partial charge in [-0.25, -0.2) is 0 Å². The van der Waals surface area contributed by atoms with Gasteiger partial charge in [-0.1, -0.05) is 0 Å². The maximum atomic E-state index is 14.4. The fourth-order valence-electron chi connectivity index (χ4n) is 3.26. The molecule has 1 aromatic heterocycles. The Kier molecular flexibility index (Phi) is 15.5. The van der Waals surface area contributed by atoms with Gasteiger partial charge >= 0.3 is 227 Å². The summed E-state index contributed by atoms with van der Waals surface area (Å²) in [5, 5.41) is -0.664. The molecule has 12 nitrogen and oxygen atoms in total. The van der Waals surface area contributed by atoms with E-state index in [4.69, 9.17) is 36.2 Å².